The highest BCUT2D eigenvalue weighted by Gasteiger charge is 2.25. The van der Waals surface area contributed by atoms with Crippen molar-refractivity contribution in [2.24, 2.45) is 0 Å². The average Bonchev–Trinajstić information content (AvgIpc) is 2.98. The van der Waals surface area contributed by atoms with Crippen molar-refractivity contribution in [1.29, 1.82) is 0 Å². The number of anilines is 1. The number of aromatic nitrogens is 2. The molecule has 0 aliphatic heterocycles. The Labute approximate surface area is 171 Å². The van der Waals surface area contributed by atoms with Crippen LogP contribution in [-0.4, -0.2) is 35.9 Å². The van der Waals surface area contributed by atoms with Crippen LogP contribution in [0.15, 0.2) is 39.8 Å². The maximum Gasteiger partial charge on any atom is 0.264 e. The Bertz CT molecular complexity index is 1160. The zero-order valence-electron chi connectivity index (χ0n) is 13.8. The Hall–Kier alpha value is -1.82. The van der Waals surface area contributed by atoms with Crippen molar-refractivity contribution in [3.63, 3.8) is 0 Å². The van der Waals surface area contributed by atoms with Crippen LogP contribution in [0.1, 0.15) is 0 Å². The van der Waals surface area contributed by atoms with E-state index in [2.05, 4.69) is 20.9 Å². The topological polar surface area (TPSA) is 84.2 Å². The molecule has 0 aliphatic rings. The van der Waals surface area contributed by atoms with Crippen molar-refractivity contribution in [3.8, 4) is 0 Å². The number of hydrogen-bond acceptors (Lipinski definition) is 4. The summed E-state index contributed by atoms with van der Waals surface area (Å²) in [5.74, 6) is -1.86. The number of alkyl halides is 1. The molecule has 3 rings (SSSR count). The van der Waals surface area contributed by atoms with Gasteiger partial charge in [-0.15, -0.1) is 0 Å². The van der Waals surface area contributed by atoms with Gasteiger partial charge in [-0.25, -0.2) is 26.6 Å². The Morgan fingerprint density at radius 1 is 1.29 bits per heavy atom. The van der Waals surface area contributed by atoms with Crippen LogP contribution < -0.4 is 4.72 Å². The quantitative estimate of drug-likeness (QED) is 0.399. The Morgan fingerprint density at radius 2 is 2.00 bits per heavy atom. The largest absolute Gasteiger partial charge is 0.393 e. The number of aliphatic hydroxyl groups excluding tert-OH is 1. The minimum atomic E-state index is -4.39. The lowest BCUT2D eigenvalue weighted by Crippen LogP contribution is -2.16. The van der Waals surface area contributed by atoms with E-state index in [1.807, 2.05) is 4.72 Å². The third-order valence-corrected chi connectivity index (χ3v) is 6.00. The van der Waals surface area contributed by atoms with Gasteiger partial charge in [-0.2, -0.15) is 0 Å². The zero-order chi connectivity index (χ0) is 20.6. The van der Waals surface area contributed by atoms with E-state index >= 15 is 0 Å². The number of pyridine rings is 1. The standard InChI is InChI=1S/C16H12BrClF3N3O3S/c17-10-3-12(21)13(4-11(10)20)23-28(26,27)14-6-24(5-8(19)7-25)16-9(14)1-2-15(18)22-16/h1-4,6,8,23,25H,5,7H2. The number of hydrogen-bond donors (Lipinski definition) is 2. The maximum atomic E-state index is 14.0. The van der Waals surface area contributed by atoms with Gasteiger partial charge < -0.3 is 9.67 Å². The number of fused-ring (bicyclic) bond motifs is 1. The van der Waals surface area contributed by atoms with Crippen molar-refractivity contribution in [1.82, 2.24) is 9.55 Å². The summed E-state index contributed by atoms with van der Waals surface area (Å²) in [6, 6.07) is 4.17. The van der Waals surface area contributed by atoms with Crippen LogP contribution in [0.3, 0.4) is 0 Å². The molecule has 28 heavy (non-hydrogen) atoms. The predicted molar refractivity (Wildman–Crippen MR) is 102 cm³/mol. The predicted octanol–water partition coefficient (Wildman–Crippen LogP) is 3.86. The molecule has 1 atom stereocenters. The van der Waals surface area contributed by atoms with Gasteiger partial charge in [0, 0.05) is 17.6 Å². The Balaban J connectivity index is 2.10. The van der Waals surface area contributed by atoms with Gasteiger partial charge in [0.15, 0.2) is 0 Å². The van der Waals surface area contributed by atoms with Crippen molar-refractivity contribution < 1.29 is 26.7 Å². The van der Waals surface area contributed by atoms with E-state index in [9.17, 15) is 21.6 Å². The smallest absolute Gasteiger partial charge is 0.264 e. The number of nitrogens with one attached hydrogen (secondary N) is 1. The summed E-state index contributed by atoms with van der Waals surface area (Å²) in [4.78, 5) is 3.66. The molecule has 12 heteroatoms. The van der Waals surface area contributed by atoms with E-state index in [1.165, 1.54) is 16.7 Å². The lowest BCUT2D eigenvalue weighted by atomic mass is 10.3. The summed E-state index contributed by atoms with van der Waals surface area (Å²) in [5.41, 5.74) is -0.534. The van der Waals surface area contributed by atoms with Gasteiger partial charge in [0.05, 0.1) is 23.3 Å². The highest BCUT2D eigenvalue weighted by molar-refractivity contribution is 9.10. The normalized spacial score (nSPS) is 13.1. The molecule has 0 saturated heterocycles. The fraction of sp³-hybridized carbons (Fsp3) is 0.188. The van der Waals surface area contributed by atoms with E-state index < -0.39 is 40.1 Å². The third-order valence-electron chi connectivity index (χ3n) is 3.79. The molecule has 1 aromatic carbocycles. The van der Waals surface area contributed by atoms with Crippen molar-refractivity contribution in [3.05, 3.63) is 51.7 Å². The van der Waals surface area contributed by atoms with Gasteiger partial charge in [0.2, 0.25) is 0 Å². The second-order valence-electron chi connectivity index (χ2n) is 5.78. The molecule has 2 heterocycles. The minimum absolute atomic E-state index is 0.0455. The van der Waals surface area contributed by atoms with Gasteiger partial charge >= 0.3 is 0 Å². The molecule has 0 bridgehead atoms. The van der Waals surface area contributed by atoms with E-state index in [0.717, 1.165) is 12.3 Å². The monoisotopic (exact) mass is 497 g/mol. The third kappa shape index (κ3) is 4.12. The summed E-state index contributed by atoms with van der Waals surface area (Å²) in [7, 11) is -4.39. The molecule has 6 nitrogen and oxygen atoms in total. The molecule has 150 valence electrons. The molecular formula is C16H12BrClF3N3O3S. The lowest BCUT2D eigenvalue weighted by molar-refractivity contribution is 0.163. The van der Waals surface area contributed by atoms with Gasteiger partial charge in [0.25, 0.3) is 10.0 Å². The first-order valence-corrected chi connectivity index (χ1v) is 10.4. The van der Waals surface area contributed by atoms with Crippen molar-refractivity contribution in [2.45, 2.75) is 17.6 Å². The lowest BCUT2D eigenvalue weighted by Gasteiger charge is -2.09. The van der Waals surface area contributed by atoms with Crippen LogP contribution >= 0.6 is 27.5 Å². The number of sulfonamides is 1. The summed E-state index contributed by atoms with van der Waals surface area (Å²) in [6.45, 7) is -1.15. The average molecular weight is 499 g/mol. The molecule has 3 aromatic rings. The summed E-state index contributed by atoms with van der Waals surface area (Å²) in [6.07, 6.45) is -0.580. The van der Waals surface area contributed by atoms with Crippen LogP contribution in [0, 0.1) is 11.6 Å². The minimum Gasteiger partial charge on any atom is -0.393 e. The van der Waals surface area contributed by atoms with Gasteiger partial charge in [-0.3, -0.25) is 4.72 Å². The first-order valence-electron chi connectivity index (χ1n) is 7.70. The number of rotatable bonds is 6. The van der Waals surface area contributed by atoms with Crippen LogP contribution in [0.5, 0.6) is 0 Å². The summed E-state index contributed by atoms with van der Waals surface area (Å²) in [5, 5.41) is 9.06. The Morgan fingerprint density at radius 3 is 2.68 bits per heavy atom. The molecule has 0 fully saturated rings. The molecule has 0 spiro atoms. The molecule has 0 amide bonds. The van der Waals surface area contributed by atoms with Crippen molar-refractivity contribution in [2.75, 3.05) is 11.3 Å². The molecule has 1 unspecified atom stereocenters. The molecule has 2 aromatic heterocycles. The molecular weight excluding hydrogens is 487 g/mol. The van der Waals surface area contributed by atoms with E-state index in [4.69, 9.17) is 16.7 Å². The number of halogens is 5. The summed E-state index contributed by atoms with van der Waals surface area (Å²) >= 11 is 8.64. The fourth-order valence-electron chi connectivity index (χ4n) is 2.53. The Kier molecular flexibility index (Phi) is 5.89. The van der Waals surface area contributed by atoms with Crippen LogP contribution in [-0.2, 0) is 16.6 Å². The number of nitrogens with zero attached hydrogens (tertiary/aromatic N) is 2. The summed E-state index contributed by atoms with van der Waals surface area (Å²) < 4.78 is 69.9. The van der Waals surface area contributed by atoms with Gasteiger partial charge in [0.1, 0.15) is 33.5 Å². The molecule has 0 radical (unpaired) electrons. The van der Waals surface area contributed by atoms with Gasteiger partial charge in [-0.05, 0) is 34.1 Å². The second-order valence-corrected chi connectivity index (χ2v) is 8.67. The second kappa shape index (κ2) is 7.90. The highest BCUT2D eigenvalue weighted by Crippen LogP contribution is 2.30. The SMILES string of the molecule is O=S(=O)(Nc1cc(F)c(Br)cc1F)c1cn(CC(F)CO)c2nc(Cl)ccc12. The van der Waals surface area contributed by atoms with Gasteiger partial charge in [-0.1, -0.05) is 11.6 Å². The fourth-order valence-corrected chi connectivity index (χ4v) is 4.26. The van der Waals surface area contributed by atoms with Crippen LogP contribution in [0.25, 0.3) is 11.0 Å². The zero-order valence-corrected chi connectivity index (χ0v) is 17.0. The number of benzene rings is 1. The maximum absolute atomic E-state index is 14.0. The molecule has 2 N–H and O–H groups in total. The number of aliphatic hydroxyl groups is 1. The van der Waals surface area contributed by atoms with Crippen LogP contribution in [0.4, 0.5) is 18.9 Å². The molecule has 0 saturated carbocycles. The first-order chi connectivity index (χ1) is 13.1. The molecule has 0 aliphatic carbocycles. The van der Waals surface area contributed by atoms with E-state index in [1.54, 1.807) is 0 Å². The highest BCUT2D eigenvalue weighted by atomic mass is 79.9. The van der Waals surface area contributed by atoms with Crippen molar-refractivity contribution >= 4 is 54.3 Å². The van der Waals surface area contributed by atoms with E-state index in [-0.39, 0.29) is 32.1 Å². The van der Waals surface area contributed by atoms with E-state index in [0.29, 0.717) is 6.07 Å². The first kappa shape index (κ1) is 20.9. The van der Waals surface area contributed by atoms with Crippen LogP contribution in [0.2, 0.25) is 5.15 Å².